The largest absolute Gasteiger partial charge is 0.494 e. The Morgan fingerprint density at radius 3 is 2.75 bits per heavy atom. The lowest BCUT2D eigenvalue weighted by molar-refractivity contribution is -0.772. The second kappa shape index (κ2) is 9.17. The molecule has 0 unspecified atom stereocenters. The van der Waals surface area contributed by atoms with Gasteiger partial charge in [-0.1, -0.05) is 18.0 Å². The molecule has 7 nitrogen and oxygen atoms in total. The molecule has 1 aromatic heterocycles. The monoisotopic (exact) mass is 352 g/mol. The van der Waals surface area contributed by atoms with Gasteiger partial charge in [-0.15, -0.1) is 0 Å². The highest BCUT2D eigenvalue weighted by molar-refractivity contribution is 7.99. The minimum atomic E-state index is -0.429. The van der Waals surface area contributed by atoms with E-state index in [0.29, 0.717) is 23.8 Å². The standard InChI is InChI=1S/C16H21N3O4S/c1-3-4-10-22-13-7-5-12(6-8-13)17-14(20)9-11-24-15-16(21)23-18-19(15)2/h5-8H,3-4,9-11H2,1-2H3,(H-,17,18,20,21)/p+1. The van der Waals surface area contributed by atoms with E-state index >= 15 is 0 Å². The number of benzene rings is 1. The second-order valence-corrected chi connectivity index (χ2v) is 6.30. The molecule has 2 rings (SSSR count). The molecule has 0 bridgehead atoms. The van der Waals surface area contributed by atoms with Crippen LogP contribution in [0.5, 0.6) is 5.75 Å². The molecule has 0 aliphatic carbocycles. The van der Waals surface area contributed by atoms with E-state index in [1.54, 1.807) is 7.05 Å². The van der Waals surface area contributed by atoms with Gasteiger partial charge in [-0.25, -0.2) is 4.79 Å². The second-order valence-electron chi connectivity index (χ2n) is 5.22. The summed E-state index contributed by atoms with van der Waals surface area (Å²) in [7, 11) is 1.68. The average Bonchev–Trinajstić information content (AvgIpc) is 2.88. The summed E-state index contributed by atoms with van der Waals surface area (Å²) in [6, 6.07) is 7.30. The smallest absolute Gasteiger partial charge is 0.441 e. The van der Waals surface area contributed by atoms with Crippen molar-refractivity contribution < 1.29 is 18.7 Å². The summed E-state index contributed by atoms with van der Waals surface area (Å²) in [5.74, 6) is 1.17. The van der Waals surface area contributed by atoms with Crippen LogP contribution < -0.4 is 20.4 Å². The number of carbonyl (C=O) groups is 1. The lowest BCUT2D eigenvalue weighted by Gasteiger charge is -2.07. The van der Waals surface area contributed by atoms with Crippen LogP contribution in [0.1, 0.15) is 26.2 Å². The van der Waals surface area contributed by atoms with Crippen LogP contribution in [0.2, 0.25) is 0 Å². The van der Waals surface area contributed by atoms with Crippen LogP contribution in [-0.2, 0) is 11.8 Å². The number of nitrogens with zero attached hydrogens (tertiary/aromatic N) is 1. The van der Waals surface area contributed by atoms with Crippen molar-refractivity contribution in [2.45, 2.75) is 31.2 Å². The highest BCUT2D eigenvalue weighted by Gasteiger charge is 2.17. The van der Waals surface area contributed by atoms with Crippen LogP contribution in [-0.4, -0.2) is 23.5 Å². The predicted molar refractivity (Wildman–Crippen MR) is 91.3 cm³/mol. The molecular weight excluding hydrogens is 330 g/mol. The number of hydrogen-bond donors (Lipinski definition) is 2. The Kier molecular flexibility index (Phi) is 6.92. The van der Waals surface area contributed by atoms with Gasteiger partial charge in [-0.3, -0.25) is 9.32 Å². The zero-order valence-electron chi connectivity index (χ0n) is 13.8. The number of amides is 1. The number of carbonyl (C=O) groups excluding carboxylic acids is 1. The van der Waals surface area contributed by atoms with Crippen molar-refractivity contribution in [3.05, 3.63) is 34.7 Å². The van der Waals surface area contributed by atoms with Crippen LogP contribution in [0.4, 0.5) is 5.69 Å². The van der Waals surface area contributed by atoms with Crippen LogP contribution >= 0.6 is 11.8 Å². The number of hydrogen-bond acceptors (Lipinski definition) is 5. The van der Waals surface area contributed by atoms with E-state index < -0.39 is 5.63 Å². The normalized spacial score (nSPS) is 10.6. The van der Waals surface area contributed by atoms with E-state index in [9.17, 15) is 9.59 Å². The van der Waals surface area contributed by atoms with Gasteiger partial charge in [0, 0.05) is 17.9 Å². The molecule has 1 aromatic carbocycles. The Labute approximate surface area is 144 Å². The molecule has 0 saturated heterocycles. The lowest BCUT2D eigenvalue weighted by Crippen LogP contribution is -2.33. The molecule has 130 valence electrons. The molecule has 8 heteroatoms. The first-order chi connectivity index (χ1) is 11.6. The number of anilines is 1. The molecule has 2 aromatic rings. The van der Waals surface area contributed by atoms with Gasteiger partial charge in [0.25, 0.3) is 0 Å². The number of aromatic amines is 1. The van der Waals surface area contributed by atoms with Gasteiger partial charge in [0.1, 0.15) is 5.75 Å². The Bertz CT molecular complexity index is 709. The van der Waals surface area contributed by atoms with Gasteiger partial charge >= 0.3 is 10.7 Å². The average molecular weight is 352 g/mol. The molecule has 24 heavy (non-hydrogen) atoms. The van der Waals surface area contributed by atoms with Crippen LogP contribution in [0.15, 0.2) is 38.6 Å². The van der Waals surface area contributed by atoms with Crippen molar-refractivity contribution >= 4 is 23.4 Å². The molecule has 0 radical (unpaired) electrons. The van der Waals surface area contributed by atoms with Gasteiger partial charge in [0.15, 0.2) is 7.05 Å². The third-order valence-electron chi connectivity index (χ3n) is 3.23. The summed E-state index contributed by atoms with van der Waals surface area (Å²) in [4.78, 5) is 23.3. The van der Waals surface area contributed by atoms with Crippen LogP contribution in [0.25, 0.3) is 0 Å². The summed E-state index contributed by atoms with van der Waals surface area (Å²) >= 11 is 1.28. The molecule has 0 saturated carbocycles. The summed E-state index contributed by atoms with van der Waals surface area (Å²) in [5, 5.41) is 5.70. The summed E-state index contributed by atoms with van der Waals surface area (Å²) < 4.78 is 11.7. The van der Waals surface area contributed by atoms with Crippen molar-refractivity contribution in [3.8, 4) is 5.75 Å². The number of nitrogens with one attached hydrogen (secondary N) is 2. The molecule has 2 N–H and O–H groups in total. The molecule has 0 spiro atoms. The first kappa shape index (κ1) is 18.1. The predicted octanol–water partition coefficient (Wildman–Crippen LogP) is 2.09. The van der Waals surface area contributed by atoms with E-state index in [2.05, 4.69) is 22.0 Å². The van der Waals surface area contributed by atoms with Gasteiger partial charge in [-0.2, -0.15) is 0 Å². The van der Waals surface area contributed by atoms with E-state index in [1.165, 1.54) is 16.4 Å². The number of ether oxygens (including phenoxy) is 1. The SMILES string of the molecule is CCCCOc1ccc(NC(=O)CCSc2c(=O)o[nH][n+]2C)cc1. The number of H-pyrrole nitrogens is 1. The van der Waals surface area contributed by atoms with E-state index in [4.69, 9.17) is 4.74 Å². The van der Waals surface area contributed by atoms with Crippen molar-refractivity contribution in [2.24, 2.45) is 7.05 Å². The van der Waals surface area contributed by atoms with Crippen molar-refractivity contribution in [3.63, 3.8) is 0 Å². The maximum Gasteiger partial charge on any atom is 0.441 e. The molecule has 0 fully saturated rings. The molecular formula is C16H22N3O4S+. The van der Waals surface area contributed by atoms with Crippen molar-refractivity contribution in [1.82, 2.24) is 5.27 Å². The van der Waals surface area contributed by atoms with Crippen molar-refractivity contribution in [2.75, 3.05) is 17.7 Å². The molecule has 0 atom stereocenters. The fourth-order valence-corrected chi connectivity index (χ4v) is 2.79. The zero-order chi connectivity index (χ0) is 17.4. The maximum atomic E-state index is 11.9. The number of aromatic nitrogens is 2. The summed E-state index contributed by atoms with van der Waals surface area (Å²) in [5.41, 5.74) is 0.293. The lowest BCUT2D eigenvalue weighted by atomic mass is 10.3. The van der Waals surface area contributed by atoms with Crippen LogP contribution in [0, 0.1) is 0 Å². The fraction of sp³-hybridized carbons (Fsp3) is 0.438. The number of unbranched alkanes of at least 4 members (excludes halogenated alkanes) is 1. The highest BCUT2D eigenvalue weighted by atomic mass is 32.2. The molecule has 1 heterocycles. The topological polar surface area (TPSA) is 88.2 Å². The summed E-state index contributed by atoms with van der Waals surface area (Å²) in [6.45, 7) is 2.81. The Hall–Kier alpha value is -2.22. The quantitative estimate of drug-likeness (QED) is 0.410. The number of thioether (sulfide) groups is 1. The molecule has 1 amide bonds. The van der Waals surface area contributed by atoms with Gasteiger partial charge in [-0.05, 0) is 47.7 Å². The third-order valence-corrected chi connectivity index (χ3v) is 4.35. The summed E-state index contributed by atoms with van der Waals surface area (Å²) in [6.07, 6.45) is 2.41. The van der Waals surface area contributed by atoms with E-state index in [0.717, 1.165) is 24.3 Å². The Morgan fingerprint density at radius 2 is 2.12 bits per heavy atom. The fourth-order valence-electron chi connectivity index (χ4n) is 1.92. The molecule has 0 aliphatic rings. The zero-order valence-corrected chi connectivity index (χ0v) is 14.6. The maximum absolute atomic E-state index is 11.9. The minimum absolute atomic E-state index is 0.107. The van der Waals surface area contributed by atoms with Crippen LogP contribution in [0.3, 0.4) is 0 Å². The van der Waals surface area contributed by atoms with E-state index in [-0.39, 0.29) is 5.91 Å². The van der Waals surface area contributed by atoms with Gasteiger partial charge in [0.05, 0.1) is 6.61 Å². The third kappa shape index (κ3) is 5.45. The van der Waals surface area contributed by atoms with Gasteiger partial charge in [0.2, 0.25) is 5.91 Å². The molecule has 0 aliphatic heterocycles. The van der Waals surface area contributed by atoms with Gasteiger partial charge < -0.3 is 10.1 Å². The number of rotatable bonds is 9. The Morgan fingerprint density at radius 1 is 1.38 bits per heavy atom. The first-order valence-corrected chi connectivity index (χ1v) is 8.81. The van der Waals surface area contributed by atoms with E-state index in [1.807, 2.05) is 24.3 Å². The number of aryl methyl sites for hydroxylation is 1. The Balaban J connectivity index is 1.75. The minimum Gasteiger partial charge on any atom is -0.494 e. The first-order valence-electron chi connectivity index (χ1n) is 7.83. The van der Waals surface area contributed by atoms with Crippen molar-refractivity contribution in [1.29, 1.82) is 0 Å². The highest BCUT2D eigenvalue weighted by Crippen LogP contribution is 2.17.